The second-order valence-corrected chi connectivity index (χ2v) is 7.14. The topological polar surface area (TPSA) is 49.4 Å². The van der Waals surface area contributed by atoms with Gasteiger partial charge in [-0.2, -0.15) is 0 Å². The zero-order chi connectivity index (χ0) is 18.5. The van der Waals surface area contributed by atoms with E-state index < -0.39 is 0 Å². The summed E-state index contributed by atoms with van der Waals surface area (Å²) in [4.78, 5) is 26.9. The Labute approximate surface area is 155 Å². The Morgan fingerprint density at radius 2 is 1.69 bits per heavy atom. The molecule has 26 heavy (non-hydrogen) atoms. The van der Waals surface area contributed by atoms with Crippen molar-refractivity contribution in [2.45, 2.75) is 33.2 Å². The second kappa shape index (κ2) is 8.17. The first-order valence-corrected chi connectivity index (χ1v) is 9.22. The summed E-state index contributed by atoms with van der Waals surface area (Å²) in [5, 5.41) is 3.03. The first-order chi connectivity index (χ1) is 12.5. The van der Waals surface area contributed by atoms with E-state index in [1.54, 1.807) is 0 Å². The Bertz CT molecular complexity index is 775. The molecular formula is C22H26N2O2. The highest BCUT2D eigenvalue weighted by Crippen LogP contribution is 2.20. The Morgan fingerprint density at radius 3 is 2.35 bits per heavy atom. The molecule has 2 aromatic carbocycles. The fraction of sp³-hybridized carbons (Fsp3) is 0.364. The zero-order valence-electron chi connectivity index (χ0n) is 15.5. The van der Waals surface area contributed by atoms with Crippen molar-refractivity contribution in [1.82, 2.24) is 10.2 Å². The van der Waals surface area contributed by atoms with E-state index in [2.05, 4.69) is 17.4 Å². The number of aryl methyl sites for hydroxylation is 2. The van der Waals surface area contributed by atoms with Gasteiger partial charge in [-0.15, -0.1) is 0 Å². The van der Waals surface area contributed by atoms with Gasteiger partial charge >= 0.3 is 0 Å². The van der Waals surface area contributed by atoms with Gasteiger partial charge in [0.15, 0.2) is 0 Å². The average Bonchev–Trinajstić information content (AvgIpc) is 2.67. The lowest BCUT2D eigenvalue weighted by Crippen LogP contribution is -2.42. The fourth-order valence-corrected chi connectivity index (χ4v) is 3.34. The number of nitrogens with zero attached hydrogens (tertiary/aromatic N) is 1. The third-order valence-corrected chi connectivity index (χ3v) is 5.01. The van der Waals surface area contributed by atoms with Crippen LogP contribution in [0.3, 0.4) is 0 Å². The number of carbonyl (C=O) groups excluding carboxylic acids is 2. The molecule has 2 aromatic rings. The number of hydrogen-bond acceptors (Lipinski definition) is 2. The summed E-state index contributed by atoms with van der Waals surface area (Å²) in [6.45, 7) is 5.86. The molecular weight excluding hydrogens is 324 g/mol. The van der Waals surface area contributed by atoms with E-state index >= 15 is 0 Å². The Kier molecular flexibility index (Phi) is 5.71. The van der Waals surface area contributed by atoms with Crippen LogP contribution in [0, 0.1) is 19.8 Å². The van der Waals surface area contributed by atoms with Crippen molar-refractivity contribution in [1.29, 1.82) is 0 Å². The van der Waals surface area contributed by atoms with Crippen LogP contribution in [0.25, 0.3) is 0 Å². The standard InChI is InChI=1S/C22H26N2O2/c1-16-6-8-18(9-7-16)15-23-21(25)19-10-12-24(13-11-19)22(26)20-5-3-4-17(2)14-20/h3-9,14,19H,10-13,15H2,1-2H3,(H,23,25). The van der Waals surface area contributed by atoms with Crippen LogP contribution in [-0.2, 0) is 11.3 Å². The number of piperidine rings is 1. The molecule has 1 aliphatic rings. The highest BCUT2D eigenvalue weighted by molar-refractivity contribution is 5.94. The quantitative estimate of drug-likeness (QED) is 0.918. The molecule has 2 amide bonds. The van der Waals surface area contributed by atoms with Crippen molar-refractivity contribution in [3.63, 3.8) is 0 Å². The van der Waals surface area contributed by atoms with E-state index in [1.807, 2.05) is 55.1 Å². The molecule has 1 saturated heterocycles. The van der Waals surface area contributed by atoms with Gasteiger partial charge in [0.1, 0.15) is 0 Å². The predicted octanol–water partition coefficient (Wildman–Crippen LogP) is 3.47. The van der Waals surface area contributed by atoms with Gasteiger partial charge in [0.2, 0.25) is 5.91 Å². The third-order valence-electron chi connectivity index (χ3n) is 5.01. The maximum absolute atomic E-state index is 12.6. The number of likely N-dealkylation sites (tertiary alicyclic amines) is 1. The van der Waals surface area contributed by atoms with E-state index in [0.717, 1.165) is 29.5 Å². The molecule has 136 valence electrons. The van der Waals surface area contributed by atoms with Crippen molar-refractivity contribution in [2.24, 2.45) is 5.92 Å². The van der Waals surface area contributed by atoms with Crippen LogP contribution < -0.4 is 5.32 Å². The van der Waals surface area contributed by atoms with Gasteiger partial charge in [0.05, 0.1) is 0 Å². The fourth-order valence-electron chi connectivity index (χ4n) is 3.34. The third kappa shape index (κ3) is 4.51. The molecule has 4 heteroatoms. The molecule has 0 atom stereocenters. The summed E-state index contributed by atoms with van der Waals surface area (Å²) >= 11 is 0. The predicted molar refractivity (Wildman–Crippen MR) is 103 cm³/mol. The van der Waals surface area contributed by atoms with E-state index in [-0.39, 0.29) is 17.7 Å². The van der Waals surface area contributed by atoms with Crippen molar-refractivity contribution < 1.29 is 9.59 Å². The smallest absolute Gasteiger partial charge is 0.253 e. The first kappa shape index (κ1) is 18.2. The number of benzene rings is 2. The molecule has 1 aliphatic heterocycles. The summed E-state index contributed by atoms with van der Waals surface area (Å²) in [6, 6.07) is 15.9. The lowest BCUT2D eigenvalue weighted by molar-refractivity contribution is -0.126. The maximum Gasteiger partial charge on any atom is 0.253 e. The van der Waals surface area contributed by atoms with Crippen LogP contribution >= 0.6 is 0 Å². The summed E-state index contributed by atoms with van der Waals surface area (Å²) in [6.07, 6.45) is 1.44. The van der Waals surface area contributed by atoms with Crippen LogP contribution in [0.2, 0.25) is 0 Å². The second-order valence-electron chi connectivity index (χ2n) is 7.14. The van der Waals surface area contributed by atoms with Gasteiger partial charge < -0.3 is 10.2 Å². The number of hydrogen-bond donors (Lipinski definition) is 1. The molecule has 1 N–H and O–H groups in total. The average molecular weight is 350 g/mol. The molecule has 1 fully saturated rings. The Morgan fingerprint density at radius 1 is 1.00 bits per heavy atom. The minimum atomic E-state index is -0.0120. The van der Waals surface area contributed by atoms with Crippen molar-refractivity contribution in [2.75, 3.05) is 13.1 Å². The molecule has 3 rings (SSSR count). The minimum absolute atomic E-state index is 0.0120. The van der Waals surface area contributed by atoms with E-state index in [0.29, 0.717) is 19.6 Å². The molecule has 4 nitrogen and oxygen atoms in total. The lowest BCUT2D eigenvalue weighted by Gasteiger charge is -2.31. The van der Waals surface area contributed by atoms with Crippen molar-refractivity contribution >= 4 is 11.8 Å². The van der Waals surface area contributed by atoms with Gasteiger partial charge in [-0.3, -0.25) is 9.59 Å². The minimum Gasteiger partial charge on any atom is -0.352 e. The van der Waals surface area contributed by atoms with Crippen LogP contribution in [0.5, 0.6) is 0 Å². The number of amides is 2. The van der Waals surface area contributed by atoms with E-state index in [1.165, 1.54) is 5.56 Å². The monoisotopic (exact) mass is 350 g/mol. The zero-order valence-corrected chi connectivity index (χ0v) is 15.5. The molecule has 0 bridgehead atoms. The van der Waals surface area contributed by atoms with Gasteiger partial charge in [-0.1, -0.05) is 47.5 Å². The SMILES string of the molecule is Cc1ccc(CNC(=O)C2CCN(C(=O)c3cccc(C)c3)CC2)cc1. The number of rotatable bonds is 4. The molecule has 0 saturated carbocycles. The van der Waals surface area contributed by atoms with Crippen LogP contribution in [0.15, 0.2) is 48.5 Å². The Hall–Kier alpha value is -2.62. The molecule has 0 spiro atoms. The van der Waals surface area contributed by atoms with Crippen LogP contribution in [0.1, 0.15) is 39.9 Å². The lowest BCUT2D eigenvalue weighted by atomic mass is 9.95. The maximum atomic E-state index is 12.6. The van der Waals surface area contributed by atoms with Crippen LogP contribution in [0.4, 0.5) is 0 Å². The summed E-state index contributed by atoms with van der Waals surface area (Å²) in [7, 11) is 0. The van der Waals surface area contributed by atoms with Crippen molar-refractivity contribution in [3.8, 4) is 0 Å². The normalized spacial score (nSPS) is 14.9. The molecule has 1 heterocycles. The summed E-state index contributed by atoms with van der Waals surface area (Å²) in [5.74, 6) is 0.141. The molecule has 0 unspecified atom stereocenters. The van der Waals surface area contributed by atoms with Crippen LogP contribution in [-0.4, -0.2) is 29.8 Å². The van der Waals surface area contributed by atoms with Gasteiger partial charge in [0, 0.05) is 31.1 Å². The van der Waals surface area contributed by atoms with E-state index in [4.69, 9.17) is 0 Å². The molecule has 0 aliphatic carbocycles. The summed E-state index contributed by atoms with van der Waals surface area (Å²) < 4.78 is 0. The van der Waals surface area contributed by atoms with Gasteiger partial charge in [-0.25, -0.2) is 0 Å². The highest BCUT2D eigenvalue weighted by Gasteiger charge is 2.27. The summed E-state index contributed by atoms with van der Waals surface area (Å²) in [5.41, 5.74) is 4.13. The van der Waals surface area contributed by atoms with Gasteiger partial charge in [0.25, 0.3) is 5.91 Å². The van der Waals surface area contributed by atoms with Crippen molar-refractivity contribution in [3.05, 3.63) is 70.8 Å². The highest BCUT2D eigenvalue weighted by atomic mass is 16.2. The van der Waals surface area contributed by atoms with Gasteiger partial charge in [-0.05, 0) is 44.4 Å². The largest absolute Gasteiger partial charge is 0.352 e. The molecule has 0 radical (unpaired) electrons. The number of carbonyl (C=O) groups is 2. The molecule has 0 aromatic heterocycles. The number of nitrogens with one attached hydrogen (secondary N) is 1. The Balaban J connectivity index is 1.49. The van der Waals surface area contributed by atoms with E-state index in [9.17, 15) is 9.59 Å². The first-order valence-electron chi connectivity index (χ1n) is 9.22.